The molecule has 2 atom stereocenters. The Morgan fingerprint density at radius 2 is 0.514 bits per heavy atom. The van der Waals surface area contributed by atoms with Crippen LogP contribution in [-0.2, 0) is 4.74 Å². The van der Waals surface area contributed by atoms with Crippen molar-refractivity contribution in [1.29, 1.82) is 0 Å². The van der Waals surface area contributed by atoms with E-state index in [1.807, 2.05) is 0 Å². The van der Waals surface area contributed by atoms with Crippen LogP contribution in [-0.4, -0.2) is 12.2 Å². The highest BCUT2D eigenvalue weighted by molar-refractivity contribution is 4.63. The zero-order valence-electron chi connectivity index (χ0n) is 26.8. The Kier molecular flexibility index (Phi) is 32.1. The lowest BCUT2D eigenvalue weighted by Crippen LogP contribution is -2.21. The summed E-state index contributed by atoms with van der Waals surface area (Å²) in [6.07, 6.45) is 43.3. The topological polar surface area (TPSA) is 9.23 Å². The first-order valence-electron chi connectivity index (χ1n) is 17.9. The number of hydrogen-bond donors (Lipinski definition) is 0. The molecule has 0 amide bonds. The van der Waals surface area contributed by atoms with Gasteiger partial charge in [0, 0.05) is 0 Å². The van der Waals surface area contributed by atoms with Gasteiger partial charge >= 0.3 is 0 Å². The standard InChI is InChI=1S/C36H74O/c1-5-9-11-13-15-17-19-21-23-25-27-29-31-33-35(7-3)37-36(8-4)34-32-30-28-26-24-22-20-18-16-14-12-10-6-2/h35-36H,5-34H2,1-4H3. The Bertz CT molecular complexity index is 356. The van der Waals surface area contributed by atoms with Gasteiger partial charge in [-0.2, -0.15) is 0 Å². The van der Waals surface area contributed by atoms with E-state index in [9.17, 15) is 0 Å². The van der Waals surface area contributed by atoms with Crippen LogP contribution in [0.1, 0.15) is 220 Å². The molecule has 0 aromatic heterocycles. The molecule has 0 aromatic rings. The fourth-order valence-corrected chi connectivity index (χ4v) is 5.79. The first-order chi connectivity index (χ1) is 18.3. The maximum absolute atomic E-state index is 6.56. The summed E-state index contributed by atoms with van der Waals surface area (Å²) in [4.78, 5) is 0. The van der Waals surface area contributed by atoms with E-state index in [2.05, 4.69) is 27.7 Å². The van der Waals surface area contributed by atoms with Gasteiger partial charge in [-0.05, 0) is 25.7 Å². The van der Waals surface area contributed by atoms with E-state index in [-0.39, 0.29) is 0 Å². The fourth-order valence-electron chi connectivity index (χ4n) is 5.79. The quantitative estimate of drug-likeness (QED) is 0.0798. The van der Waals surface area contributed by atoms with Crippen LogP contribution in [0.4, 0.5) is 0 Å². The van der Waals surface area contributed by atoms with E-state index in [0.717, 1.165) is 0 Å². The zero-order valence-corrected chi connectivity index (χ0v) is 26.8. The second-order valence-electron chi connectivity index (χ2n) is 12.3. The number of ether oxygens (including phenoxy) is 1. The van der Waals surface area contributed by atoms with Crippen LogP contribution < -0.4 is 0 Å². The van der Waals surface area contributed by atoms with Crippen molar-refractivity contribution in [2.75, 3.05) is 0 Å². The van der Waals surface area contributed by atoms with Gasteiger partial charge in [0.2, 0.25) is 0 Å². The molecule has 0 saturated heterocycles. The van der Waals surface area contributed by atoms with Crippen molar-refractivity contribution < 1.29 is 4.74 Å². The molecule has 224 valence electrons. The molecule has 0 radical (unpaired) electrons. The Balaban J connectivity index is 3.53. The molecule has 0 bridgehead atoms. The Morgan fingerprint density at radius 3 is 0.730 bits per heavy atom. The molecule has 1 heteroatoms. The maximum Gasteiger partial charge on any atom is 0.0576 e. The molecule has 0 spiro atoms. The van der Waals surface area contributed by atoms with Crippen molar-refractivity contribution in [3.05, 3.63) is 0 Å². The molecule has 0 aliphatic rings. The van der Waals surface area contributed by atoms with Crippen molar-refractivity contribution in [2.45, 2.75) is 233 Å². The first-order valence-corrected chi connectivity index (χ1v) is 17.9. The lowest BCUT2D eigenvalue weighted by atomic mass is 10.0. The highest BCUT2D eigenvalue weighted by Gasteiger charge is 2.13. The second kappa shape index (κ2) is 32.2. The normalized spacial score (nSPS) is 13.3. The van der Waals surface area contributed by atoms with Gasteiger partial charge in [0.15, 0.2) is 0 Å². The van der Waals surface area contributed by atoms with Gasteiger partial charge < -0.3 is 4.74 Å². The maximum atomic E-state index is 6.56. The molecule has 0 heterocycles. The van der Waals surface area contributed by atoms with E-state index >= 15 is 0 Å². The lowest BCUT2D eigenvalue weighted by Gasteiger charge is -2.23. The summed E-state index contributed by atoms with van der Waals surface area (Å²) in [5, 5.41) is 0. The van der Waals surface area contributed by atoms with Crippen LogP contribution in [0.3, 0.4) is 0 Å². The van der Waals surface area contributed by atoms with Crippen LogP contribution >= 0.6 is 0 Å². The third-order valence-electron chi connectivity index (χ3n) is 8.55. The summed E-state index contributed by atoms with van der Waals surface area (Å²) >= 11 is 0. The molecule has 37 heavy (non-hydrogen) atoms. The fraction of sp³-hybridized carbons (Fsp3) is 1.00. The van der Waals surface area contributed by atoms with Crippen LogP contribution in [0.5, 0.6) is 0 Å². The summed E-state index contributed by atoms with van der Waals surface area (Å²) in [6, 6.07) is 0. The molecule has 0 N–H and O–H groups in total. The highest BCUT2D eigenvalue weighted by Crippen LogP contribution is 2.20. The second-order valence-corrected chi connectivity index (χ2v) is 12.3. The summed E-state index contributed by atoms with van der Waals surface area (Å²) < 4.78 is 6.56. The average molecular weight is 523 g/mol. The number of hydrogen-bond acceptors (Lipinski definition) is 1. The van der Waals surface area contributed by atoms with E-state index < -0.39 is 0 Å². The van der Waals surface area contributed by atoms with Gasteiger partial charge in [0.1, 0.15) is 0 Å². The molecule has 0 fully saturated rings. The monoisotopic (exact) mass is 523 g/mol. The van der Waals surface area contributed by atoms with Crippen molar-refractivity contribution >= 4 is 0 Å². The van der Waals surface area contributed by atoms with E-state index in [1.165, 1.54) is 193 Å². The summed E-state index contributed by atoms with van der Waals surface area (Å²) in [6.45, 7) is 9.26. The molecule has 2 unspecified atom stereocenters. The first kappa shape index (κ1) is 37.0. The smallest absolute Gasteiger partial charge is 0.0576 e. The minimum atomic E-state index is 0.500. The molecule has 0 rings (SSSR count). The summed E-state index contributed by atoms with van der Waals surface area (Å²) in [7, 11) is 0. The minimum Gasteiger partial charge on any atom is -0.375 e. The Morgan fingerprint density at radius 1 is 0.297 bits per heavy atom. The largest absolute Gasteiger partial charge is 0.375 e. The molecular weight excluding hydrogens is 448 g/mol. The highest BCUT2D eigenvalue weighted by atomic mass is 16.5. The van der Waals surface area contributed by atoms with Gasteiger partial charge in [-0.15, -0.1) is 0 Å². The Labute approximate surface area is 237 Å². The SMILES string of the molecule is CCCCCCCCCCCCCCCC(CC)OC(CC)CCCCCCCCCCCCCCC. The van der Waals surface area contributed by atoms with Gasteiger partial charge in [-0.3, -0.25) is 0 Å². The van der Waals surface area contributed by atoms with Gasteiger partial charge in [-0.25, -0.2) is 0 Å². The molecule has 0 aliphatic heterocycles. The van der Waals surface area contributed by atoms with Gasteiger partial charge in [0.25, 0.3) is 0 Å². The predicted molar refractivity (Wildman–Crippen MR) is 170 cm³/mol. The molecule has 0 saturated carbocycles. The minimum absolute atomic E-state index is 0.500. The lowest BCUT2D eigenvalue weighted by molar-refractivity contribution is -0.0257. The number of rotatable bonds is 32. The van der Waals surface area contributed by atoms with E-state index in [4.69, 9.17) is 4.74 Å². The van der Waals surface area contributed by atoms with Gasteiger partial charge in [0.05, 0.1) is 12.2 Å². The van der Waals surface area contributed by atoms with E-state index in [0.29, 0.717) is 12.2 Å². The van der Waals surface area contributed by atoms with Crippen LogP contribution in [0.2, 0.25) is 0 Å². The van der Waals surface area contributed by atoms with Crippen molar-refractivity contribution in [3.8, 4) is 0 Å². The van der Waals surface area contributed by atoms with Crippen molar-refractivity contribution in [1.82, 2.24) is 0 Å². The third kappa shape index (κ3) is 28.8. The van der Waals surface area contributed by atoms with Gasteiger partial charge in [-0.1, -0.05) is 195 Å². The van der Waals surface area contributed by atoms with Crippen LogP contribution in [0.25, 0.3) is 0 Å². The number of unbranched alkanes of at least 4 members (excludes halogenated alkanes) is 24. The zero-order chi connectivity index (χ0) is 27.1. The molecule has 0 aliphatic carbocycles. The molecule has 0 aromatic carbocycles. The van der Waals surface area contributed by atoms with Crippen molar-refractivity contribution in [3.63, 3.8) is 0 Å². The third-order valence-corrected chi connectivity index (χ3v) is 8.55. The predicted octanol–water partition coefficient (Wildman–Crippen LogP) is 13.5. The Hall–Kier alpha value is -0.0400. The summed E-state index contributed by atoms with van der Waals surface area (Å²) in [5.74, 6) is 0. The van der Waals surface area contributed by atoms with Crippen LogP contribution in [0, 0.1) is 0 Å². The van der Waals surface area contributed by atoms with Crippen LogP contribution in [0.15, 0.2) is 0 Å². The molecule has 1 nitrogen and oxygen atoms in total. The molecular formula is C36H74O. The average Bonchev–Trinajstić information content (AvgIpc) is 2.92. The van der Waals surface area contributed by atoms with Crippen molar-refractivity contribution in [2.24, 2.45) is 0 Å². The summed E-state index contributed by atoms with van der Waals surface area (Å²) in [5.41, 5.74) is 0. The van der Waals surface area contributed by atoms with E-state index in [1.54, 1.807) is 0 Å².